The standard InChI is InChI=1S/C15H16BrFN2O/c1-3-18-14(15-11(16)5-4-8-19-15)10-6-7-13(20-2)12(17)9-10/h4-9,14,18H,3H2,1-2H3. The summed E-state index contributed by atoms with van der Waals surface area (Å²) in [6.45, 7) is 2.76. The number of nitrogens with one attached hydrogen (secondary N) is 1. The smallest absolute Gasteiger partial charge is 0.165 e. The third-order valence-electron chi connectivity index (χ3n) is 2.98. The molecule has 2 aromatic rings. The third-order valence-corrected chi connectivity index (χ3v) is 3.65. The van der Waals surface area contributed by atoms with Crippen molar-refractivity contribution in [3.8, 4) is 5.75 Å². The minimum atomic E-state index is -0.375. The Morgan fingerprint density at radius 1 is 1.40 bits per heavy atom. The number of rotatable bonds is 5. The lowest BCUT2D eigenvalue weighted by Crippen LogP contribution is -2.23. The van der Waals surface area contributed by atoms with E-state index < -0.39 is 0 Å². The summed E-state index contributed by atoms with van der Waals surface area (Å²) in [5, 5.41) is 3.32. The summed E-state index contributed by atoms with van der Waals surface area (Å²) < 4.78 is 19.7. The van der Waals surface area contributed by atoms with E-state index >= 15 is 0 Å². The Morgan fingerprint density at radius 2 is 2.20 bits per heavy atom. The lowest BCUT2D eigenvalue weighted by atomic mass is 10.0. The number of hydrogen-bond acceptors (Lipinski definition) is 3. The van der Waals surface area contributed by atoms with E-state index in [9.17, 15) is 4.39 Å². The first-order valence-electron chi connectivity index (χ1n) is 6.34. The summed E-state index contributed by atoms with van der Waals surface area (Å²) in [7, 11) is 1.45. The zero-order chi connectivity index (χ0) is 14.5. The highest BCUT2D eigenvalue weighted by Crippen LogP contribution is 2.29. The van der Waals surface area contributed by atoms with Crippen molar-refractivity contribution in [3.63, 3.8) is 0 Å². The molecule has 0 aliphatic carbocycles. The van der Waals surface area contributed by atoms with Crippen LogP contribution in [-0.4, -0.2) is 18.6 Å². The quantitative estimate of drug-likeness (QED) is 0.902. The van der Waals surface area contributed by atoms with Gasteiger partial charge in [-0.2, -0.15) is 0 Å². The summed E-state index contributed by atoms with van der Waals surface area (Å²) in [5.41, 5.74) is 1.64. The number of methoxy groups -OCH3 is 1. The predicted octanol–water partition coefficient (Wildman–Crippen LogP) is 3.69. The highest BCUT2D eigenvalue weighted by molar-refractivity contribution is 9.10. The van der Waals surface area contributed by atoms with Gasteiger partial charge in [-0.15, -0.1) is 0 Å². The van der Waals surface area contributed by atoms with Crippen molar-refractivity contribution in [2.45, 2.75) is 13.0 Å². The van der Waals surface area contributed by atoms with Gasteiger partial charge in [0.2, 0.25) is 0 Å². The van der Waals surface area contributed by atoms with Crippen molar-refractivity contribution < 1.29 is 9.13 Å². The lowest BCUT2D eigenvalue weighted by Gasteiger charge is -2.19. The Morgan fingerprint density at radius 3 is 2.80 bits per heavy atom. The van der Waals surface area contributed by atoms with Crippen molar-refractivity contribution >= 4 is 15.9 Å². The van der Waals surface area contributed by atoms with E-state index in [1.165, 1.54) is 13.2 Å². The largest absolute Gasteiger partial charge is 0.494 e. The van der Waals surface area contributed by atoms with Crippen LogP contribution in [0.3, 0.4) is 0 Å². The minimum absolute atomic E-state index is 0.170. The first-order chi connectivity index (χ1) is 9.67. The fourth-order valence-corrected chi connectivity index (χ4v) is 2.53. The molecule has 0 bridgehead atoms. The van der Waals surface area contributed by atoms with Crippen molar-refractivity contribution in [1.82, 2.24) is 10.3 Å². The van der Waals surface area contributed by atoms with Crippen molar-refractivity contribution in [1.29, 1.82) is 0 Å². The van der Waals surface area contributed by atoms with Crippen LogP contribution in [0.4, 0.5) is 4.39 Å². The predicted molar refractivity (Wildman–Crippen MR) is 80.4 cm³/mol. The molecule has 20 heavy (non-hydrogen) atoms. The minimum Gasteiger partial charge on any atom is -0.494 e. The molecule has 1 heterocycles. The van der Waals surface area contributed by atoms with Crippen LogP contribution in [0.5, 0.6) is 5.75 Å². The van der Waals surface area contributed by atoms with Crippen LogP contribution in [-0.2, 0) is 0 Å². The van der Waals surface area contributed by atoms with Crippen LogP contribution >= 0.6 is 15.9 Å². The number of hydrogen-bond donors (Lipinski definition) is 1. The van der Waals surface area contributed by atoms with Crippen LogP contribution in [0.15, 0.2) is 41.0 Å². The maximum absolute atomic E-state index is 13.9. The van der Waals surface area contributed by atoms with E-state index in [1.807, 2.05) is 25.1 Å². The highest BCUT2D eigenvalue weighted by atomic mass is 79.9. The number of halogens is 2. The Labute approximate surface area is 126 Å². The molecule has 3 nitrogen and oxygen atoms in total. The molecule has 0 amide bonds. The van der Waals surface area contributed by atoms with Crippen LogP contribution < -0.4 is 10.1 Å². The third kappa shape index (κ3) is 3.16. The second kappa shape index (κ2) is 6.81. The Bertz CT molecular complexity index is 592. The average molecular weight is 339 g/mol. The maximum atomic E-state index is 13.9. The van der Waals surface area contributed by atoms with Crippen LogP contribution in [0.1, 0.15) is 24.2 Å². The Hall–Kier alpha value is -1.46. The van der Waals surface area contributed by atoms with Gasteiger partial charge < -0.3 is 10.1 Å². The summed E-state index contributed by atoms with van der Waals surface area (Å²) in [4.78, 5) is 4.38. The topological polar surface area (TPSA) is 34.1 Å². The summed E-state index contributed by atoms with van der Waals surface area (Å²) >= 11 is 3.49. The summed E-state index contributed by atoms with van der Waals surface area (Å²) in [6.07, 6.45) is 1.73. The fraction of sp³-hybridized carbons (Fsp3) is 0.267. The summed E-state index contributed by atoms with van der Waals surface area (Å²) in [5.74, 6) is -0.135. The maximum Gasteiger partial charge on any atom is 0.165 e. The Balaban J connectivity index is 2.43. The molecule has 0 spiro atoms. The van der Waals surface area contributed by atoms with E-state index in [-0.39, 0.29) is 17.6 Å². The molecule has 0 aliphatic heterocycles. The first kappa shape index (κ1) is 14.9. The van der Waals surface area contributed by atoms with Gasteiger partial charge in [-0.3, -0.25) is 4.98 Å². The molecular weight excluding hydrogens is 323 g/mol. The molecule has 106 valence electrons. The van der Waals surface area contributed by atoms with Gasteiger partial charge in [0.1, 0.15) is 0 Å². The molecule has 1 atom stereocenters. The SMILES string of the molecule is CCNC(c1ccc(OC)c(F)c1)c1ncccc1Br. The van der Waals surface area contributed by atoms with Crippen molar-refractivity contribution in [3.05, 3.63) is 58.1 Å². The normalized spacial score (nSPS) is 12.2. The highest BCUT2D eigenvalue weighted by Gasteiger charge is 2.18. The molecule has 1 unspecified atom stereocenters. The second-order valence-corrected chi connectivity index (χ2v) is 5.11. The molecule has 2 rings (SSSR count). The molecule has 0 saturated carbocycles. The van der Waals surface area contributed by atoms with Gasteiger partial charge in [-0.05, 0) is 52.3 Å². The van der Waals surface area contributed by atoms with Crippen LogP contribution in [0.2, 0.25) is 0 Å². The monoisotopic (exact) mass is 338 g/mol. The van der Waals surface area contributed by atoms with Gasteiger partial charge in [-0.25, -0.2) is 4.39 Å². The number of ether oxygens (including phenoxy) is 1. The number of nitrogens with zero attached hydrogens (tertiary/aromatic N) is 1. The number of pyridine rings is 1. The van der Waals surface area contributed by atoms with Gasteiger partial charge in [0.15, 0.2) is 11.6 Å². The molecule has 0 radical (unpaired) electrons. The fourth-order valence-electron chi connectivity index (χ4n) is 2.05. The zero-order valence-electron chi connectivity index (χ0n) is 11.4. The summed E-state index contributed by atoms with van der Waals surface area (Å²) in [6, 6.07) is 8.56. The van der Waals surface area contributed by atoms with Gasteiger partial charge >= 0.3 is 0 Å². The van der Waals surface area contributed by atoms with E-state index in [0.29, 0.717) is 0 Å². The molecule has 1 aromatic heterocycles. The van der Waals surface area contributed by atoms with Crippen molar-refractivity contribution in [2.24, 2.45) is 0 Å². The molecule has 1 N–H and O–H groups in total. The van der Waals surface area contributed by atoms with E-state index in [1.54, 1.807) is 12.3 Å². The second-order valence-electron chi connectivity index (χ2n) is 4.26. The molecule has 5 heteroatoms. The zero-order valence-corrected chi connectivity index (χ0v) is 12.9. The van der Waals surface area contributed by atoms with E-state index in [4.69, 9.17) is 4.74 Å². The Kier molecular flexibility index (Phi) is 5.09. The molecule has 1 aromatic carbocycles. The number of benzene rings is 1. The average Bonchev–Trinajstić information content (AvgIpc) is 2.46. The van der Waals surface area contributed by atoms with Crippen LogP contribution in [0, 0.1) is 5.82 Å². The molecule has 0 saturated heterocycles. The van der Waals surface area contributed by atoms with Crippen LogP contribution in [0.25, 0.3) is 0 Å². The van der Waals surface area contributed by atoms with Gasteiger partial charge in [0.25, 0.3) is 0 Å². The van der Waals surface area contributed by atoms with Gasteiger partial charge in [0, 0.05) is 10.7 Å². The van der Waals surface area contributed by atoms with E-state index in [2.05, 4.69) is 26.2 Å². The van der Waals surface area contributed by atoms with Crippen molar-refractivity contribution in [2.75, 3.05) is 13.7 Å². The number of aromatic nitrogens is 1. The first-order valence-corrected chi connectivity index (χ1v) is 7.14. The molecule has 0 aliphatic rings. The van der Waals surface area contributed by atoms with Gasteiger partial charge in [-0.1, -0.05) is 13.0 Å². The molecule has 0 fully saturated rings. The van der Waals surface area contributed by atoms with E-state index in [0.717, 1.165) is 22.3 Å². The molecular formula is C15H16BrFN2O. The van der Waals surface area contributed by atoms with Gasteiger partial charge in [0.05, 0.1) is 18.8 Å². The lowest BCUT2D eigenvalue weighted by molar-refractivity contribution is 0.385.